The summed E-state index contributed by atoms with van der Waals surface area (Å²) in [6.07, 6.45) is 0. The first-order valence-electron chi connectivity index (χ1n) is 46.9. The van der Waals surface area contributed by atoms with Crippen LogP contribution in [0.5, 0.6) is 0 Å². The van der Waals surface area contributed by atoms with E-state index in [4.69, 9.17) is 0 Å². The van der Waals surface area contributed by atoms with Crippen molar-refractivity contribution in [1.29, 1.82) is 0 Å². The second kappa shape index (κ2) is 46.8. The molecule has 0 atom stereocenters. The predicted molar refractivity (Wildman–Crippen MR) is 637 cm³/mol. The molecule has 0 bridgehead atoms. The van der Waals surface area contributed by atoms with Crippen LogP contribution in [0.4, 0.5) is 45.5 Å². The fraction of sp³-hybridized carbons (Fsp3) is 0.148. The number of rotatable bonds is 17. The zero-order valence-corrected chi connectivity index (χ0v) is 96.5. The van der Waals surface area contributed by atoms with Gasteiger partial charge < -0.3 is 16.0 Å². The van der Waals surface area contributed by atoms with E-state index in [2.05, 4.69) is 580 Å². The van der Waals surface area contributed by atoms with Crippen molar-refractivity contribution in [1.82, 2.24) is 0 Å². The molecule has 0 unspecified atom stereocenters. The molecular weight excluding hydrogens is 2100 g/mol. The summed E-state index contributed by atoms with van der Waals surface area (Å²) in [5, 5.41) is 32.3. The number of hydrogen-bond donors (Lipinski definition) is 4. The molecule has 0 saturated carbocycles. The van der Waals surface area contributed by atoms with Crippen LogP contribution in [0.1, 0.15) is 0 Å². The first-order valence-corrected chi connectivity index (χ1v) is 78.8. The molecule has 14 heteroatoms. The number of fused-ring (bicyclic) bond motifs is 5. The van der Waals surface area contributed by atoms with Crippen LogP contribution in [0.15, 0.2) is 443 Å². The van der Waals surface area contributed by atoms with Crippen molar-refractivity contribution in [3.63, 3.8) is 0 Å². The Morgan fingerprint density at radius 1 is 0.184 bits per heavy atom. The van der Waals surface area contributed by atoms with Crippen molar-refractivity contribution in [2.45, 2.75) is 113 Å². The van der Waals surface area contributed by atoms with Gasteiger partial charge in [-0.3, -0.25) is 0 Å². The van der Waals surface area contributed by atoms with Crippen LogP contribution in [0.2, 0.25) is 113 Å². The summed E-state index contributed by atoms with van der Waals surface area (Å²) in [6, 6.07) is 151. The summed E-state index contributed by atoms with van der Waals surface area (Å²) >= 11 is 11.2. The van der Waals surface area contributed by atoms with Crippen LogP contribution in [0.25, 0.3) is 87.2 Å². The van der Waals surface area contributed by atoms with Crippen LogP contribution in [0.3, 0.4) is 0 Å². The molecule has 0 aliphatic carbocycles. The molecular formula is C122H128Br4Ge2N4Si4. The van der Waals surface area contributed by atoms with Gasteiger partial charge in [-0.1, -0.05) is 378 Å². The number of hydrogen-bond acceptors (Lipinski definition) is 4. The van der Waals surface area contributed by atoms with Crippen LogP contribution in [0, 0.1) is 0 Å². The van der Waals surface area contributed by atoms with E-state index in [9.17, 15) is 0 Å². The van der Waals surface area contributed by atoms with Crippen molar-refractivity contribution in [3.8, 4) is 33.4 Å². The topological polar surface area (TPSA) is 48.1 Å². The first kappa shape index (κ1) is 103. The van der Waals surface area contributed by atoms with Crippen molar-refractivity contribution >= 4 is 251 Å². The predicted octanol–water partition coefficient (Wildman–Crippen LogP) is 35.9. The fourth-order valence-corrected chi connectivity index (χ4v) is 26.8. The third-order valence-corrected chi connectivity index (χ3v) is 43.0. The Bertz CT molecular complexity index is 6820. The molecule has 688 valence electrons. The molecule has 0 spiro atoms. The molecule has 0 fully saturated rings. The first-order chi connectivity index (χ1) is 64.8. The van der Waals surface area contributed by atoms with Gasteiger partial charge in [0.05, 0.1) is 32.3 Å². The van der Waals surface area contributed by atoms with E-state index < -0.39 is 58.8 Å². The van der Waals surface area contributed by atoms with Gasteiger partial charge in [-0.2, -0.15) is 0 Å². The SMILES string of the molecule is Brc1ccc2c(-c3ccc4ccccc4c3)c3cc(Br)ccc3c(-c3ccc4ccccc4c3)c2c1.C[Si](C)(C)c1ccc(Br)cc1.C[Si](C)(C)c1ccc(Nc2ccc(-c3ccccc3)cc2)cc1.C[Si](C)(C)c1ccc(Nc2cccc3ccccc23)cc1.C[Si](C)(C)c1ccc(Nc2ccccc2)cc1.[CH3][Ge]([CH3])([CH3])[c]1ccc(Br)cc1.[CH3][Ge]([CH3])([CH3])[c]1ccc(Nc2ccccc2)cc1. The molecule has 0 heterocycles. The van der Waals surface area contributed by atoms with E-state index in [0.29, 0.717) is 0 Å². The van der Waals surface area contributed by atoms with E-state index in [0.717, 1.165) is 54.4 Å². The van der Waals surface area contributed by atoms with Crippen molar-refractivity contribution in [2.24, 2.45) is 0 Å². The van der Waals surface area contributed by atoms with Crippen LogP contribution in [-0.2, 0) is 0 Å². The van der Waals surface area contributed by atoms with Gasteiger partial charge in [0.2, 0.25) is 0 Å². The Balaban J connectivity index is 0.000000140. The molecule has 0 aromatic heterocycles. The summed E-state index contributed by atoms with van der Waals surface area (Å²) < 4.78 is 7.61. The van der Waals surface area contributed by atoms with Gasteiger partial charge in [0.15, 0.2) is 0 Å². The molecule has 4 N–H and O–H groups in total. The molecule has 19 rings (SSSR count). The third-order valence-electron chi connectivity index (χ3n) is 24.0. The standard InChI is InChI=1S/C34H20Br2.C21H23NSi.C19H21NSi.C15H19GeN.C15H19NSi.C9H13BrGe.C9H13BrSi/c35-27-14-16-30-31(19-27)33(25-11-9-21-5-1-3-7-23(21)17-25)29-15-13-28(36)20-32(29)34(30)26-12-10-22-6-2-4-8-24(22)18-26;1-23(2,3)21-15-13-20(14-16-21)22-19-11-9-18(10-12-19)17-7-5-4-6-8-17;1-21(2,3)17-13-11-16(12-14-17)20-19-10-6-8-15-7-4-5-9-18(15)19;1-16(2,3)13-9-11-15(12-10-13)17-14-7-5-4-6-8-14;1-17(2,3)15-11-9-14(10-12-15)16-13-7-5-4-6-8-13;2*1-11(2,3)9-6-4-8(10)5-7-9/h1-20H;4-16,22H,1-3H3;4-14,20H,1-3H3;4-12,17H,1-3H3;4-12,16H,1-3H3;2*4-7H,1-3H3. The van der Waals surface area contributed by atoms with Gasteiger partial charge in [0.25, 0.3) is 0 Å². The van der Waals surface area contributed by atoms with Crippen LogP contribution in [-0.4, -0.2) is 58.8 Å². The van der Waals surface area contributed by atoms with Gasteiger partial charge >= 0.3 is 186 Å². The average Bonchev–Trinajstić information content (AvgIpc) is 0.725. The maximum atomic E-state index is 3.76. The van der Waals surface area contributed by atoms with E-state index in [1.165, 1.54) is 117 Å². The van der Waals surface area contributed by atoms with E-state index in [1.54, 1.807) is 8.79 Å². The monoisotopic (exact) mass is 2220 g/mol. The molecule has 0 saturated heterocycles. The second-order valence-electron chi connectivity index (χ2n) is 40.8. The summed E-state index contributed by atoms with van der Waals surface area (Å²) in [7, 11) is -4.69. The molecule has 0 aliphatic rings. The second-order valence-corrected chi connectivity index (χ2v) is 86.1. The number of nitrogens with one attached hydrogen (secondary N) is 4. The minimum absolute atomic E-state index is 1.08. The Morgan fingerprint density at radius 3 is 0.816 bits per heavy atom. The zero-order chi connectivity index (χ0) is 97.0. The molecule has 4 nitrogen and oxygen atoms in total. The third kappa shape index (κ3) is 29.6. The average molecular weight is 2230 g/mol. The molecule has 19 aromatic rings. The molecule has 136 heavy (non-hydrogen) atoms. The van der Waals surface area contributed by atoms with Crippen molar-refractivity contribution in [3.05, 3.63) is 443 Å². The zero-order valence-electron chi connectivity index (χ0n) is 81.9. The summed E-state index contributed by atoms with van der Waals surface area (Å²) in [6.45, 7) is 28.4. The number of para-hydroxylation sites is 2. The molecule has 0 aliphatic heterocycles. The van der Waals surface area contributed by atoms with Crippen LogP contribution < -0.4 is 50.8 Å². The normalized spacial score (nSPS) is 11.5. The molecule has 19 aromatic carbocycles. The van der Waals surface area contributed by atoms with E-state index in [1.807, 2.05) is 42.5 Å². The van der Waals surface area contributed by atoms with Gasteiger partial charge in [-0.15, -0.1) is 0 Å². The van der Waals surface area contributed by atoms with Crippen molar-refractivity contribution < 1.29 is 0 Å². The number of benzene rings is 19. The Hall–Kier alpha value is -10.4. The number of halogens is 4. The summed E-state index contributed by atoms with van der Waals surface area (Å²) in [5.74, 6) is 14.5. The Labute approximate surface area is 853 Å². The van der Waals surface area contributed by atoms with Crippen LogP contribution >= 0.6 is 63.7 Å². The van der Waals surface area contributed by atoms with E-state index in [-0.39, 0.29) is 0 Å². The van der Waals surface area contributed by atoms with Gasteiger partial charge in [0, 0.05) is 52.9 Å². The maximum absolute atomic E-state index is 3.76. The minimum atomic E-state index is -1.66. The number of anilines is 8. The molecule has 0 amide bonds. The van der Waals surface area contributed by atoms with Gasteiger partial charge in [-0.25, -0.2) is 0 Å². The summed E-state index contributed by atoms with van der Waals surface area (Å²) in [4.78, 5) is 0. The summed E-state index contributed by atoms with van der Waals surface area (Å²) in [5.41, 5.74) is 16.6. The van der Waals surface area contributed by atoms with Gasteiger partial charge in [-0.05, 0) is 197 Å². The Kier molecular flexibility index (Phi) is 35.4. The van der Waals surface area contributed by atoms with Crippen molar-refractivity contribution in [2.75, 3.05) is 21.3 Å². The Morgan fingerprint density at radius 2 is 0.449 bits per heavy atom. The fourth-order valence-electron chi connectivity index (χ4n) is 16.0. The van der Waals surface area contributed by atoms with Gasteiger partial charge in [0.1, 0.15) is 0 Å². The van der Waals surface area contributed by atoms with E-state index >= 15 is 0 Å². The quantitative estimate of drug-likeness (QED) is 0.0542. The molecule has 0 radical (unpaired) electrons.